The van der Waals surface area contributed by atoms with Crippen LogP contribution >= 0.6 is 0 Å². The van der Waals surface area contributed by atoms with Crippen molar-refractivity contribution in [3.05, 3.63) is 29.8 Å². The monoisotopic (exact) mass is 303 g/mol. The van der Waals surface area contributed by atoms with E-state index in [4.69, 9.17) is 9.73 Å². The highest BCUT2D eigenvalue weighted by molar-refractivity contribution is 5.80. The Hall–Kier alpha value is -1.71. The van der Waals surface area contributed by atoms with E-state index in [-0.39, 0.29) is 5.41 Å². The van der Waals surface area contributed by atoms with Gasteiger partial charge < -0.3 is 15.4 Å². The van der Waals surface area contributed by atoms with Crippen molar-refractivity contribution in [3.8, 4) is 5.75 Å². The zero-order chi connectivity index (χ0) is 16.2. The standard InChI is InChI=1S/C18H29N3O/c1-6-19-17(21-16-11-13(16)2)20-12-18(3,4)14-7-9-15(22-5)10-8-14/h7-10,13,16H,6,11-12H2,1-5H3,(H2,19,20,21). The summed E-state index contributed by atoms with van der Waals surface area (Å²) in [4.78, 5) is 4.78. The molecule has 22 heavy (non-hydrogen) atoms. The van der Waals surface area contributed by atoms with Crippen LogP contribution in [0.3, 0.4) is 0 Å². The molecule has 0 radical (unpaired) electrons. The van der Waals surface area contributed by atoms with E-state index < -0.39 is 0 Å². The second-order valence-electron chi connectivity index (χ2n) is 6.77. The number of benzene rings is 1. The minimum atomic E-state index is -0.0101. The molecule has 1 fully saturated rings. The first-order valence-corrected chi connectivity index (χ1v) is 8.15. The van der Waals surface area contributed by atoms with Crippen LogP contribution in [0.5, 0.6) is 5.75 Å². The zero-order valence-corrected chi connectivity index (χ0v) is 14.4. The summed E-state index contributed by atoms with van der Waals surface area (Å²) in [6, 6.07) is 8.85. The van der Waals surface area contributed by atoms with Crippen molar-refractivity contribution in [3.63, 3.8) is 0 Å². The summed E-state index contributed by atoms with van der Waals surface area (Å²) in [6.07, 6.45) is 1.24. The summed E-state index contributed by atoms with van der Waals surface area (Å²) in [7, 11) is 1.69. The lowest BCUT2D eigenvalue weighted by atomic mass is 9.85. The number of methoxy groups -OCH3 is 1. The van der Waals surface area contributed by atoms with E-state index in [1.165, 1.54) is 12.0 Å². The van der Waals surface area contributed by atoms with Crippen molar-refractivity contribution in [2.75, 3.05) is 20.2 Å². The van der Waals surface area contributed by atoms with Crippen LogP contribution < -0.4 is 15.4 Å². The molecule has 1 aromatic carbocycles. The van der Waals surface area contributed by atoms with Crippen LogP contribution in [0.1, 0.15) is 39.7 Å². The normalized spacial score (nSPS) is 21.4. The van der Waals surface area contributed by atoms with Crippen LogP contribution in [0.2, 0.25) is 0 Å². The van der Waals surface area contributed by atoms with Gasteiger partial charge in [-0.2, -0.15) is 0 Å². The molecule has 0 aliphatic heterocycles. The summed E-state index contributed by atoms with van der Waals surface area (Å²) < 4.78 is 5.23. The zero-order valence-electron chi connectivity index (χ0n) is 14.4. The second kappa shape index (κ2) is 7.03. The van der Waals surface area contributed by atoms with Crippen molar-refractivity contribution in [1.82, 2.24) is 10.6 Å². The highest BCUT2D eigenvalue weighted by Gasteiger charge is 2.33. The highest BCUT2D eigenvalue weighted by atomic mass is 16.5. The van der Waals surface area contributed by atoms with Crippen molar-refractivity contribution in [2.45, 2.75) is 45.6 Å². The highest BCUT2D eigenvalue weighted by Crippen LogP contribution is 2.29. The Balaban J connectivity index is 2.02. The van der Waals surface area contributed by atoms with Gasteiger partial charge >= 0.3 is 0 Å². The molecule has 1 saturated carbocycles. The first-order chi connectivity index (χ1) is 10.5. The first-order valence-electron chi connectivity index (χ1n) is 8.15. The molecular formula is C18H29N3O. The minimum absolute atomic E-state index is 0.0101. The van der Waals surface area contributed by atoms with E-state index in [2.05, 4.69) is 50.5 Å². The molecule has 0 heterocycles. The molecule has 1 aromatic rings. The van der Waals surface area contributed by atoms with Gasteiger partial charge in [-0.25, -0.2) is 0 Å². The Morgan fingerprint density at radius 2 is 1.95 bits per heavy atom. The number of guanidine groups is 1. The van der Waals surface area contributed by atoms with Gasteiger partial charge in [0.15, 0.2) is 5.96 Å². The Labute approximate surface area is 134 Å². The fraction of sp³-hybridized carbons (Fsp3) is 0.611. The van der Waals surface area contributed by atoms with Crippen molar-refractivity contribution in [2.24, 2.45) is 10.9 Å². The largest absolute Gasteiger partial charge is 0.497 e. The molecule has 0 aromatic heterocycles. The van der Waals surface area contributed by atoms with Gasteiger partial charge in [-0.05, 0) is 37.0 Å². The molecule has 0 bridgehead atoms. The van der Waals surface area contributed by atoms with Gasteiger partial charge in [-0.3, -0.25) is 4.99 Å². The third kappa shape index (κ3) is 4.39. The van der Waals surface area contributed by atoms with E-state index in [9.17, 15) is 0 Å². The average Bonchev–Trinajstić information content (AvgIpc) is 3.20. The summed E-state index contributed by atoms with van der Waals surface area (Å²) in [5, 5.41) is 6.84. The fourth-order valence-corrected chi connectivity index (χ4v) is 2.43. The molecule has 0 amide bonds. The van der Waals surface area contributed by atoms with E-state index in [1.54, 1.807) is 7.11 Å². The van der Waals surface area contributed by atoms with Gasteiger partial charge in [-0.15, -0.1) is 0 Å². The van der Waals surface area contributed by atoms with Crippen LogP contribution in [0.15, 0.2) is 29.3 Å². The SMILES string of the molecule is CCNC(=NCC(C)(C)c1ccc(OC)cc1)NC1CC1C. The maximum absolute atomic E-state index is 5.23. The Bertz CT molecular complexity index is 508. The number of nitrogens with zero attached hydrogens (tertiary/aromatic N) is 1. The van der Waals surface area contributed by atoms with Crippen LogP contribution in [0.25, 0.3) is 0 Å². The molecule has 2 atom stereocenters. The number of aliphatic imine (C=N–C) groups is 1. The van der Waals surface area contributed by atoms with Crippen LogP contribution in [-0.2, 0) is 5.41 Å². The third-order valence-corrected chi connectivity index (χ3v) is 4.28. The number of nitrogens with one attached hydrogen (secondary N) is 2. The van der Waals surface area contributed by atoms with Gasteiger partial charge in [0.1, 0.15) is 5.75 Å². The summed E-state index contributed by atoms with van der Waals surface area (Å²) in [5.74, 6) is 2.58. The Morgan fingerprint density at radius 3 is 2.45 bits per heavy atom. The number of hydrogen-bond acceptors (Lipinski definition) is 2. The van der Waals surface area contributed by atoms with Crippen molar-refractivity contribution < 1.29 is 4.74 Å². The lowest BCUT2D eigenvalue weighted by Crippen LogP contribution is -2.40. The molecule has 2 N–H and O–H groups in total. The maximum Gasteiger partial charge on any atom is 0.191 e. The van der Waals surface area contributed by atoms with Crippen LogP contribution in [-0.4, -0.2) is 32.2 Å². The maximum atomic E-state index is 5.23. The van der Waals surface area contributed by atoms with Gasteiger partial charge in [0, 0.05) is 18.0 Å². The van der Waals surface area contributed by atoms with E-state index in [1.807, 2.05) is 12.1 Å². The molecule has 1 aliphatic rings. The number of hydrogen-bond donors (Lipinski definition) is 2. The molecule has 0 spiro atoms. The summed E-state index contributed by atoms with van der Waals surface area (Å²) in [6.45, 7) is 10.4. The predicted molar refractivity (Wildman–Crippen MR) is 92.7 cm³/mol. The molecule has 2 rings (SSSR count). The summed E-state index contributed by atoms with van der Waals surface area (Å²) >= 11 is 0. The smallest absolute Gasteiger partial charge is 0.191 e. The van der Waals surface area contributed by atoms with Gasteiger partial charge in [-0.1, -0.05) is 32.9 Å². The van der Waals surface area contributed by atoms with E-state index in [0.29, 0.717) is 6.04 Å². The molecule has 4 heteroatoms. The van der Waals surface area contributed by atoms with E-state index >= 15 is 0 Å². The molecule has 0 saturated heterocycles. The van der Waals surface area contributed by atoms with Crippen LogP contribution in [0.4, 0.5) is 0 Å². The first kappa shape index (κ1) is 16.7. The average molecular weight is 303 g/mol. The Kier molecular flexibility index (Phi) is 5.33. The van der Waals surface area contributed by atoms with Crippen LogP contribution in [0, 0.1) is 5.92 Å². The fourth-order valence-electron chi connectivity index (χ4n) is 2.43. The summed E-state index contributed by atoms with van der Waals surface area (Å²) in [5.41, 5.74) is 1.26. The van der Waals surface area contributed by atoms with Crippen molar-refractivity contribution in [1.29, 1.82) is 0 Å². The predicted octanol–water partition coefficient (Wildman–Crippen LogP) is 2.94. The molecular weight excluding hydrogens is 274 g/mol. The third-order valence-electron chi connectivity index (χ3n) is 4.28. The minimum Gasteiger partial charge on any atom is -0.497 e. The quantitative estimate of drug-likeness (QED) is 0.627. The number of rotatable bonds is 6. The molecule has 1 aliphatic carbocycles. The van der Waals surface area contributed by atoms with Gasteiger partial charge in [0.05, 0.1) is 13.7 Å². The second-order valence-corrected chi connectivity index (χ2v) is 6.77. The Morgan fingerprint density at radius 1 is 1.32 bits per heavy atom. The lowest BCUT2D eigenvalue weighted by molar-refractivity contribution is 0.414. The van der Waals surface area contributed by atoms with Gasteiger partial charge in [0.2, 0.25) is 0 Å². The molecule has 122 valence electrons. The lowest BCUT2D eigenvalue weighted by Gasteiger charge is -2.24. The topological polar surface area (TPSA) is 45.7 Å². The molecule has 2 unspecified atom stereocenters. The molecule has 4 nitrogen and oxygen atoms in total. The number of ether oxygens (including phenoxy) is 1. The van der Waals surface area contributed by atoms with E-state index in [0.717, 1.165) is 30.7 Å². The van der Waals surface area contributed by atoms with Gasteiger partial charge in [0.25, 0.3) is 0 Å². The van der Waals surface area contributed by atoms with Crippen molar-refractivity contribution >= 4 is 5.96 Å².